The lowest BCUT2D eigenvalue weighted by Crippen LogP contribution is -2.06. The smallest absolute Gasteiger partial charge is 0.257 e. The summed E-state index contributed by atoms with van der Waals surface area (Å²) in [7, 11) is 6.47. The SMILES string of the molecule is COc1ccc(C(=C2C(=O)Nc3ccccc32)c2ccc(OC)cc2)cc1.COc1ccc(C(=O)c2ccc(OC)cc2)cc1.O=C1Cc2ccccc2N1. The number of ether oxygens (including phenoxy) is 4. The zero-order valence-electron chi connectivity index (χ0n) is 30.9. The highest BCUT2D eigenvalue weighted by Gasteiger charge is 2.28. The summed E-state index contributed by atoms with van der Waals surface area (Å²) < 4.78 is 20.7. The van der Waals surface area contributed by atoms with E-state index in [1.807, 2.05) is 97.1 Å². The Bertz CT molecular complexity index is 2190. The minimum atomic E-state index is -0.0992. The van der Waals surface area contributed by atoms with E-state index in [2.05, 4.69) is 10.6 Å². The monoisotopic (exact) mass is 732 g/mol. The number of hydrogen-bond donors (Lipinski definition) is 2. The quantitative estimate of drug-likeness (QED) is 0.119. The molecule has 276 valence electrons. The van der Waals surface area contributed by atoms with Gasteiger partial charge in [0.1, 0.15) is 23.0 Å². The van der Waals surface area contributed by atoms with E-state index in [9.17, 15) is 14.4 Å². The molecule has 9 nitrogen and oxygen atoms in total. The van der Waals surface area contributed by atoms with Gasteiger partial charge >= 0.3 is 0 Å². The fraction of sp³-hybridized carbons (Fsp3) is 0.109. The minimum Gasteiger partial charge on any atom is -0.497 e. The number of carbonyl (C=O) groups excluding carboxylic acids is 3. The summed E-state index contributed by atoms with van der Waals surface area (Å²) in [6, 6.07) is 45.1. The molecular formula is C46H40N2O7. The van der Waals surface area contributed by atoms with Crippen molar-refractivity contribution in [1.29, 1.82) is 0 Å². The summed E-state index contributed by atoms with van der Waals surface area (Å²) in [6.45, 7) is 0. The molecule has 0 radical (unpaired) electrons. The molecule has 0 spiro atoms. The number of carbonyl (C=O) groups is 3. The molecule has 0 saturated heterocycles. The van der Waals surface area contributed by atoms with Gasteiger partial charge in [0, 0.05) is 33.6 Å². The fourth-order valence-corrected chi connectivity index (χ4v) is 6.15. The van der Waals surface area contributed by atoms with Gasteiger partial charge < -0.3 is 29.6 Å². The third-order valence-corrected chi connectivity index (χ3v) is 9.03. The third kappa shape index (κ3) is 8.92. The van der Waals surface area contributed by atoms with E-state index in [4.69, 9.17) is 18.9 Å². The number of para-hydroxylation sites is 2. The summed E-state index contributed by atoms with van der Waals surface area (Å²) in [5.74, 6) is 3.00. The highest BCUT2D eigenvalue weighted by Crippen LogP contribution is 2.40. The van der Waals surface area contributed by atoms with Crippen molar-refractivity contribution in [2.75, 3.05) is 39.1 Å². The fourth-order valence-electron chi connectivity index (χ4n) is 6.15. The minimum absolute atomic E-state index is 0.0136. The van der Waals surface area contributed by atoms with Crippen molar-refractivity contribution >= 4 is 40.1 Å². The Morgan fingerprint density at radius 1 is 0.473 bits per heavy atom. The molecule has 2 aliphatic rings. The van der Waals surface area contributed by atoms with E-state index < -0.39 is 0 Å². The molecule has 6 aromatic carbocycles. The largest absolute Gasteiger partial charge is 0.497 e. The molecule has 0 saturated carbocycles. The maximum absolute atomic E-state index is 12.8. The normalized spacial score (nSPS) is 12.0. The van der Waals surface area contributed by atoms with Crippen LogP contribution < -0.4 is 29.6 Å². The molecule has 0 bridgehead atoms. The van der Waals surface area contributed by atoms with Crippen molar-refractivity contribution in [3.63, 3.8) is 0 Å². The number of fused-ring (bicyclic) bond motifs is 2. The van der Waals surface area contributed by atoms with Gasteiger partial charge in [-0.1, -0.05) is 60.7 Å². The summed E-state index contributed by atoms with van der Waals surface area (Å²) in [4.78, 5) is 35.8. The Labute approximate surface area is 320 Å². The topological polar surface area (TPSA) is 112 Å². The van der Waals surface area contributed by atoms with Crippen LogP contribution in [0.15, 0.2) is 146 Å². The van der Waals surface area contributed by atoms with Crippen LogP contribution in [-0.4, -0.2) is 46.0 Å². The number of ketones is 1. The van der Waals surface area contributed by atoms with Gasteiger partial charge in [-0.3, -0.25) is 14.4 Å². The molecule has 2 heterocycles. The van der Waals surface area contributed by atoms with E-state index in [0.717, 1.165) is 62.2 Å². The van der Waals surface area contributed by atoms with Crippen LogP contribution in [0.4, 0.5) is 11.4 Å². The van der Waals surface area contributed by atoms with E-state index in [1.165, 1.54) is 0 Å². The first-order valence-corrected chi connectivity index (χ1v) is 17.5. The third-order valence-electron chi connectivity index (χ3n) is 9.03. The predicted octanol–water partition coefficient (Wildman–Crippen LogP) is 8.73. The Balaban J connectivity index is 0.000000157. The number of anilines is 2. The second-order valence-corrected chi connectivity index (χ2v) is 12.4. The molecule has 2 aliphatic heterocycles. The van der Waals surface area contributed by atoms with E-state index in [-0.39, 0.29) is 17.6 Å². The Kier molecular flexibility index (Phi) is 12.0. The number of amides is 2. The van der Waals surface area contributed by atoms with Gasteiger partial charge in [-0.2, -0.15) is 0 Å². The van der Waals surface area contributed by atoms with Crippen LogP contribution in [0.25, 0.3) is 11.1 Å². The van der Waals surface area contributed by atoms with E-state index >= 15 is 0 Å². The summed E-state index contributed by atoms with van der Waals surface area (Å²) in [5, 5.41) is 5.72. The highest BCUT2D eigenvalue weighted by molar-refractivity contribution is 6.38. The van der Waals surface area contributed by atoms with Crippen LogP contribution in [-0.2, 0) is 16.0 Å². The molecule has 6 aromatic rings. The van der Waals surface area contributed by atoms with Crippen LogP contribution in [0.3, 0.4) is 0 Å². The number of methoxy groups -OCH3 is 4. The van der Waals surface area contributed by atoms with Crippen LogP contribution >= 0.6 is 0 Å². The predicted molar refractivity (Wildman–Crippen MR) is 215 cm³/mol. The van der Waals surface area contributed by atoms with E-state index in [0.29, 0.717) is 23.1 Å². The molecule has 0 aromatic heterocycles. The molecule has 8 rings (SSSR count). The van der Waals surface area contributed by atoms with Crippen molar-refractivity contribution in [2.45, 2.75) is 6.42 Å². The summed E-state index contributed by atoms with van der Waals surface area (Å²) in [6.07, 6.45) is 0.538. The van der Waals surface area contributed by atoms with Gasteiger partial charge in [-0.05, 0) is 102 Å². The Morgan fingerprint density at radius 2 is 0.873 bits per heavy atom. The van der Waals surface area contributed by atoms with Crippen molar-refractivity contribution in [3.8, 4) is 23.0 Å². The van der Waals surface area contributed by atoms with Crippen LogP contribution in [0.1, 0.15) is 38.2 Å². The van der Waals surface area contributed by atoms with Crippen molar-refractivity contribution in [2.24, 2.45) is 0 Å². The van der Waals surface area contributed by atoms with Gasteiger partial charge in [-0.15, -0.1) is 0 Å². The van der Waals surface area contributed by atoms with Gasteiger partial charge in [-0.25, -0.2) is 0 Å². The van der Waals surface area contributed by atoms with Crippen molar-refractivity contribution in [3.05, 3.63) is 179 Å². The lowest BCUT2D eigenvalue weighted by Gasteiger charge is -2.13. The molecule has 0 aliphatic carbocycles. The first-order valence-electron chi connectivity index (χ1n) is 17.5. The molecule has 0 fully saturated rings. The molecule has 2 N–H and O–H groups in total. The van der Waals surface area contributed by atoms with Crippen molar-refractivity contribution in [1.82, 2.24) is 0 Å². The van der Waals surface area contributed by atoms with Gasteiger partial charge in [0.2, 0.25) is 5.91 Å². The van der Waals surface area contributed by atoms with Crippen LogP contribution in [0.5, 0.6) is 23.0 Å². The standard InChI is InChI=1S/C23H19NO3.C15H14O3.C8H7NO/c1-26-17-11-7-15(8-12-17)21(16-9-13-18(27-2)14-10-16)22-19-5-3-4-6-20(19)24-23(22)25;1-17-13-7-3-11(4-8-13)15(16)12-5-9-14(18-2)10-6-12;10-8-5-6-3-1-2-4-7(6)9-8/h3-14H,1-2H3,(H,24,25);3-10H,1-2H3;1-4H,5H2,(H,9,10). The van der Waals surface area contributed by atoms with Crippen LogP contribution in [0, 0.1) is 0 Å². The zero-order chi connectivity index (χ0) is 38.7. The first-order chi connectivity index (χ1) is 26.8. The summed E-state index contributed by atoms with van der Waals surface area (Å²) in [5.41, 5.74) is 8.53. The van der Waals surface area contributed by atoms with Gasteiger partial charge in [0.25, 0.3) is 5.91 Å². The molecule has 0 atom stereocenters. The maximum Gasteiger partial charge on any atom is 0.257 e. The molecule has 2 amide bonds. The average molecular weight is 733 g/mol. The number of rotatable bonds is 8. The molecule has 0 unspecified atom stereocenters. The highest BCUT2D eigenvalue weighted by atomic mass is 16.5. The lowest BCUT2D eigenvalue weighted by atomic mass is 9.90. The Hall–Kier alpha value is -7.13. The second-order valence-electron chi connectivity index (χ2n) is 12.4. The molecule has 9 heteroatoms. The molecule has 55 heavy (non-hydrogen) atoms. The molecular weight excluding hydrogens is 693 g/mol. The van der Waals surface area contributed by atoms with Crippen LogP contribution in [0.2, 0.25) is 0 Å². The number of benzene rings is 6. The second kappa shape index (κ2) is 17.6. The first kappa shape index (κ1) is 37.6. The van der Waals surface area contributed by atoms with Gasteiger partial charge in [0.05, 0.1) is 40.4 Å². The van der Waals surface area contributed by atoms with Crippen molar-refractivity contribution < 1.29 is 33.3 Å². The lowest BCUT2D eigenvalue weighted by molar-refractivity contribution is -0.115. The van der Waals surface area contributed by atoms with Gasteiger partial charge in [0.15, 0.2) is 5.78 Å². The maximum atomic E-state index is 12.8. The summed E-state index contributed by atoms with van der Waals surface area (Å²) >= 11 is 0. The average Bonchev–Trinajstić information content (AvgIpc) is 3.79. The Morgan fingerprint density at radius 3 is 1.31 bits per heavy atom. The van der Waals surface area contributed by atoms with E-state index in [1.54, 1.807) is 77.0 Å². The number of hydrogen-bond acceptors (Lipinski definition) is 7. The zero-order valence-corrected chi connectivity index (χ0v) is 30.9. The number of nitrogens with one attached hydrogen (secondary N) is 2.